The Bertz CT molecular complexity index is 437. The largest absolute Gasteiger partial charge is 0.371 e. The van der Waals surface area contributed by atoms with Crippen molar-refractivity contribution >= 4 is 17.3 Å². The van der Waals surface area contributed by atoms with Crippen LogP contribution in [0.5, 0.6) is 0 Å². The lowest BCUT2D eigenvalue weighted by Gasteiger charge is -2.38. The smallest absolute Gasteiger partial charge is 0.0459 e. The number of hydrogen-bond donors (Lipinski definition) is 1. The van der Waals surface area contributed by atoms with Gasteiger partial charge in [-0.3, -0.25) is 0 Å². The van der Waals surface area contributed by atoms with Crippen molar-refractivity contribution in [1.29, 1.82) is 0 Å². The Labute approximate surface area is 129 Å². The van der Waals surface area contributed by atoms with Crippen molar-refractivity contribution < 1.29 is 0 Å². The van der Waals surface area contributed by atoms with Crippen molar-refractivity contribution in [3.63, 3.8) is 0 Å². The van der Waals surface area contributed by atoms with Crippen molar-refractivity contribution in [3.05, 3.63) is 28.8 Å². The molecule has 0 saturated heterocycles. The monoisotopic (exact) mass is 296 g/mol. The van der Waals surface area contributed by atoms with E-state index in [2.05, 4.69) is 52.6 Å². The molecule has 20 heavy (non-hydrogen) atoms. The standard InChI is InChI=1S/C17H29ClN2/c1-7-13(19)11-14-15(18)9-8-10-16(14)20(6)12(2)17(3,4)5/h8-10,12-13H,7,11,19H2,1-6H3. The molecule has 0 aliphatic carbocycles. The van der Waals surface area contributed by atoms with Gasteiger partial charge in [0.15, 0.2) is 0 Å². The van der Waals surface area contributed by atoms with Crippen molar-refractivity contribution in [3.8, 4) is 0 Å². The molecule has 0 bridgehead atoms. The summed E-state index contributed by atoms with van der Waals surface area (Å²) in [5, 5.41) is 0.819. The molecular formula is C17H29ClN2. The second-order valence-electron chi connectivity index (χ2n) is 6.76. The normalized spacial score (nSPS) is 15.0. The van der Waals surface area contributed by atoms with E-state index in [1.807, 2.05) is 12.1 Å². The van der Waals surface area contributed by atoms with E-state index < -0.39 is 0 Å². The van der Waals surface area contributed by atoms with Crippen LogP contribution in [-0.4, -0.2) is 19.1 Å². The molecule has 0 amide bonds. The van der Waals surface area contributed by atoms with Crippen molar-refractivity contribution in [2.75, 3.05) is 11.9 Å². The summed E-state index contributed by atoms with van der Waals surface area (Å²) in [6.45, 7) is 11.1. The number of halogens is 1. The minimum Gasteiger partial charge on any atom is -0.371 e. The predicted octanol–water partition coefficient (Wildman–Crippen LogP) is 4.49. The van der Waals surface area contributed by atoms with Crippen LogP contribution in [0.25, 0.3) is 0 Å². The highest BCUT2D eigenvalue weighted by Gasteiger charge is 2.26. The van der Waals surface area contributed by atoms with Crippen LogP contribution in [0.3, 0.4) is 0 Å². The van der Waals surface area contributed by atoms with Crippen molar-refractivity contribution in [2.45, 2.75) is 59.5 Å². The molecule has 3 heteroatoms. The van der Waals surface area contributed by atoms with Crippen LogP contribution in [0, 0.1) is 5.41 Å². The zero-order valence-corrected chi connectivity index (χ0v) is 14.5. The summed E-state index contributed by atoms with van der Waals surface area (Å²) < 4.78 is 0. The third kappa shape index (κ3) is 4.13. The minimum absolute atomic E-state index is 0.159. The van der Waals surface area contributed by atoms with Crippen molar-refractivity contribution in [2.24, 2.45) is 11.1 Å². The molecule has 2 nitrogen and oxygen atoms in total. The second kappa shape index (κ2) is 6.82. The Morgan fingerprint density at radius 1 is 1.30 bits per heavy atom. The van der Waals surface area contributed by atoms with Gasteiger partial charge in [-0.1, -0.05) is 45.4 Å². The summed E-state index contributed by atoms with van der Waals surface area (Å²) in [4.78, 5) is 2.32. The number of anilines is 1. The number of benzene rings is 1. The first-order valence-corrected chi connectivity index (χ1v) is 7.82. The average molecular weight is 297 g/mol. The molecule has 0 aliphatic rings. The van der Waals surface area contributed by atoms with Crippen LogP contribution >= 0.6 is 11.6 Å². The molecule has 2 atom stereocenters. The van der Waals surface area contributed by atoms with Crippen molar-refractivity contribution in [1.82, 2.24) is 0 Å². The predicted molar refractivity (Wildman–Crippen MR) is 90.7 cm³/mol. The number of hydrogen-bond acceptors (Lipinski definition) is 2. The van der Waals surface area contributed by atoms with Gasteiger partial charge in [-0.05, 0) is 42.9 Å². The fourth-order valence-electron chi connectivity index (χ4n) is 2.28. The third-order valence-electron chi connectivity index (χ3n) is 4.30. The zero-order chi connectivity index (χ0) is 15.5. The van der Waals surface area contributed by atoms with Crippen LogP contribution in [0.4, 0.5) is 5.69 Å². The van der Waals surface area contributed by atoms with Crippen LogP contribution in [0.2, 0.25) is 5.02 Å². The molecule has 114 valence electrons. The van der Waals surface area contributed by atoms with Gasteiger partial charge in [0.1, 0.15) is 0 Å². The van der Waals surface area contributed by atoms with Gasteiger partial charge in [-0.25, -0.2) is 0 Å². The fourth-order valence-corrected chi connectivity index (χ4v) is 2.52. The molecule has 0 saturated carbocycles. The first kappa shape index (κ1) is 17.3. The minimum atomic E-state index is 0.159. The van der Waals surface area contributed by atoms with Crippen LogP contribution in [0.15, 0.2) is 18.2 Å². The maximum absolute atomic E-state index is 6.41. The fraction of sp³-hybridized carbons (Fsp3) is 0.647. The lowest BCUT2D eigenvalue weighted by atomic mass is 9.86. The van der Waals surface area contributed by atoms with E-state index in [0.29, 0.717) is 6.04 Å². The van der Waals surface area contributed by atoms with E-state index in [1.54, 1.807) is 0 Å². The summed E-state index contributed by atoms with van der Waals surface area (Å²) in [6.07, 6.45) is 1.79. The zero-order valence-electron chi connectivity index (χ0n) is 13.7. The number of nitrogens with zero attached hydrogens (tertiary/aromatic N) is 1. The van der Waals surface area contributed by atoms with Gasteiger partial charge >= 0.3 is 0 Å². The Kier molecular flexibility index (Phi) is 5.91. The highest BCUT2D eigenvalue weighted by Crippen LogP contribution is 2.33. The Hall–Kier alpha value is -0.730. The van der Waals surface area contributed by atoms with Gasteiger partial charge in [0, 0.05) is 29.8 Å². The first-order chi connectivity index (χ1) is 9.18. The topological polar surface area (TPSA) is 29.3 Å². The maximum Gasteiger partial charge on any atom is 0.0459 e. The van der Waals surface area contributed by atoms with Crippen LogP contribution in [-0.2, 0) is 6.42 Å². The van der Waals surface area contributed by atoms with Gasteiger partial charge in [0.2, 0.25) is 0 Å². The van der Waals surface area contributed by atoms with Gasteiger partial charge in [-0.2, -0.15) is 0 Å². The molecule has 0 aromatic heterocycles. The van der Waals surface area contributed by atoms with Gasteiger partial charge < -0.3 is 10.6 Å². The van der Waals surface area contributed by atoms with E-state index in [4.69, 9.17) is 17.3 Å². The summed E-state index contributed by atoms with van der Waals surface area (Å²) >= 11 is 6.41. The molecule has 1 aromatic carbocycles. The third-order valence-corrected chi connectivity index (χ3v) is 4.65. The Morgan fingerprint density at radius 2 is 1.90 bits per heavy atom. The number of rotatable bonds is 5. The molecule has 0 fully saturated rings. The summed E-state index contributed by atoms with van der Waals surface area (Å²) in [5.41, 5.74) is 8.70. The lowest BCUT2D eigenvalue weighted by Crippen LogP contribution is -2.40. The summed E-state index contributed by atoms with van der Waals surface area (Å²) in [5.74, 6) is 0. The van der Waals surface area contributed by atoms with Crippen LogP contribution < -0.4 is 10.6 Å². The molecule has 0 spiro atoms. The molecule has 0 aliphatic heterocycles. The number of nitrogens with two attached hydrogens (primary N) is 1. The Morgan fingerprint density at radius 3 is 2.40 bits per heavy atom. The average Bonchev–Trinajstić information content (AvgIpc) is 2.38. The molecule has 0 heterocycles. The molecule has 1 rings (SSSR count). The molecule has 0 radical (unpaired) electrons. The van der Waals surface area contributed by atoms with E-state index in [0.717, 1.165) is 17.9 Å². The maximum atomic E-state index is 6.41. The second-order valence-corrected chi connectivity index (χ2v) is 7.17. The molecule has 2 unspecified atom stereocenters. The molecule has 1 aromatic rings. The first-order valence-electron chi connectivity index (χ1n) is 7.44. The Balaban J connectivity index is 3.14. The molecular weight excluding hydrogens is 268 g/mol. The lowest BCUT2D eigenvalue weighted by molar-refractivity contribution is 0.329. The van der Waals surface area contributed by atoms with E-state index >= 15 is 0 Å². The van der Waals surface area contributed by atoms with E-state index in [-0.39, 0.29) is 11.5 Å². The highest BCUT2D eigenvalue weighted by molar-refractivity contribution is 6.31. The SMILES string of the molecule is CCC(N)Cc1c(Cl)cccc1N(C)C(C)C(C)(C)C. The molecule has 2 N–H and O–H groups in total. The van der Waals surface area contributed by atoms with E-state index in [9.17, 15) is 0 Å². The van der Waals surface area contributed by atoms with Crippen LogP contribution in [0.1, 0.15) is 46.6 Å². The van der Waals surface area contributed by atoms with Gasteiger partial charge in [-0.15, -0.1) is 0 Å². The highest BCUT2D eigenvalue weighted by atomic mass is 35.5. The van der Waals surface area contributed by atoms with E-state index in [1.165, 1.54) is 11.3 Å². The summed E-state index contributed by atoms with van der Waals surface area (Å²) in [6, 6.07) is 6.69. The quantitative estimate of drug-likeness (QED) is 0.867. The summed E-state index contributed by atoms with van der Waals surface area (Å²) in [7, 11) is 2.14. The van der Waals surface area contributed by atoms with Gasteiger partial charge in [0.05, 0.1) is 0 Å². The van der Waals surface area contributed by atoms with Gasteiger partial charge in [0.25, 0.3) is 0 Å².